The van der Waals surface area contributed by atoms with Gasteiger partial charge in [-0.2, -0.15) is 0 Å². The summed E-state index contributed by atoms with van der Waals surface area (Å²) in [6.45, 7) is 9.64. The summed E-state index contributed by atoms with van der Waals surface area (Å²) < 4.78 is 14.6. The Hall–Kier alpha value is -2.15. The Bertz CT molecular complexity index is 645. The molecule has 0 spiro atoms. The monoisotopic (exact) mass is 365 g/mol. The average molecular weight is 365 g/mol. The Labute approximate surface area is 154 Å². The third-order valence-corrected chi connectivity index (χ3v) is 5.04. The summed E-state index contributed by atoms with van der Waals surface area (Å²) >= 11 is 0. The van der Waals surface area contributed by atoms with Crippen molar-refractivity contribution in [1.29, 1.82) is 0 Å². The fraction of sp³-hybridized carbons (Fsp3) is 0.579. The SMILES string of the molecule is CCC(C)N(CC(=O)O)C(=O)c1ccc(N2CCN(CC)CC2)c(F)c1. The molecule has 6 nitrogen and oxygen atoms in total. The van der Waals surface area contributed by atoms with Crippen LogP contribution in [-0.2, 0) is 4.79 Å². The van der Waals surface area contributed by atoms with Gasteiger partial charge in [0.25, 0.3) is 5.91 Å². The van der Waals surface area contributed by atoms with Gasteiger partial charge in [-0.3, -0.25) is 9.59 Å². The number of carboxylic acids is 1. The third-order valence-electron chi connectivity index (χ3n) is 5.04. The van der Waals surface area contributed by atoms with Crippen LogP contribution in [0.25, 0.3) is 0 Å². The Morgan fingerprint density at radius 2 is 1.88 bits per heavy atom. The van der Waals surface area contributed by atoms with Crippen molar-refractivity contribution in [3.05, 3.63) is 29.6 Å². The quantitative estimate of drug-likeness (QED) is 0.803. The number of likely N-dealkylation sites (N-methyl/N-ethyl adjacent to an activating group) is 1. The number of anilines is 1. The van der Waals surface area contributed by atoms with Crippen molar-refractivity contribution in [2.75, 3.05) is 44.2 Å². The Morgan fingerprint density at radius 3 is 2.38 bits per heavy atom. The lowest BCUT2D eigenvalue weighted by Gasteiger charge is -2.35. The van der Waals surface area contributed by atoms with E-state index in [2.05, 4.69) is 11.8 Å². The van der Waals surface area contributed by atoms with Gasteiger partial charge in [0.1, 0.15) is 12.4 Å². The van der Waals surface area contributed by atoms with E-state index in [9.17, 15) is 14.0 Å². The van der Waals surface area contributed by atoms with Crippen LogP contribution >= 0.6 is 0 Å². The van der Waals surface area contributed by atoms with Crippen molar-refractivity contribution in [3.63, 3.8) is 0 Å². The van der Waals surface area contributed by atoms with Crippen LogP contribution < -0.4 is 4.90 Å². The summed E-state index contributed by atoms with van der Waals surface area (Å²) in [7, 11) is 0. The molecule has 0 saturated carbocycles. The molecule has 7 heteroatoms. The van der Waals surface area contributed by atoms with Gasteiger partial charge in [-0.15, -0.1) is 0 Å². The van der Waals surface area contributed by atoms with Crippen LogP contribution in [0.3, 0.4) is 0 Å². The molecule has 0 aliphatic carbocycles. The first-order valence-corrected chi connectivity index (χ1v) is 9.17. The second-order valence-electron chi connectivity index (χ2n) is 6.67. The van der Waals surface area contributed by atoms with E-state index in [0.717, 1.165) is 32.7 Å². The van der Waals surface area contributed by atoms with E-state index >= 15 is 0 Å². The minimum Gasteiger partial charge on any atom is -0.480 e. The number of rotatable bonds is 7. The summed E-state index contributed by atoms with van der Waals surface area (Å²) in [6, 6.07) is 4.20. The molecular formula is C19H28FN3O3. The molecule has 1 atom stereocenters. The topological polar surface area (TPSA) is 64.1 Å². The molecule has 26 heavy (non-hydrogen) atoms. The van der Waals surface area contributed by atoms with Crippen LogP contribution in [0.5, 0.6) is 0 Å². The van der Waals surface area contributed by atoms with E-state index in [4.69, 9.17) is 5.11 Å². The minimum absolute atomic E-state index is 0.181. The van der Waals surface area contributed by atoms with Gasteiger partial charge in [0.05, 0.1) is 5.69 Å². The summed E-state index contributed by atoms with van der Waals surface area (Å²) in [5.74, 6) is -1.98. The van der Waals surface area contributed by atoms with Crippen LogP contribution in [0.1, 0.15) is 37.6 Å². The molecule has 2 rings (SSSR count). The van der Waals surface area contributed by atoms with Crippen LogP contribution in [0.15, 0.2) is 18.2 Å². The van der Waals surface area contributed by atoms with E-state index < -0.39 is 24.2 Å². The molecule has 0 bridgehead atoms. The number of benzene rings is 1. The van der Waals surface area contributed by atoms with Gasteiger partial charge in [-0.1, -0.05) is 13.8 Å². The van der Waals surface area contributed by atoms with Crippen LogP contribution in [0.4, 0.5) is 10.1 Å². The number of amides is 1. The molecule has 144 valence electrons. The minimum atomic E-state index is -1.08. The maximum Gasteiger partial charge on any atom is 0.323 e. The normalized spacial score (nSPS) is 16.4. The standard InChI is InChI=1S/C19H28FN3O3/c1-4-14(3)23(13-18(24)25)19(26)15-6-7-17(16(20)12-15)22-10-8-21(5-2)9-11-22/h6-7,12,14H,4-5,8-11,13H2,1-3H3,(H,24,25). The molecule has 1 aromatic carbocycles. The van der Waals surface area contributed by atoms with Gasteiger partial charge < -0.3 is 19.8 Å². The lowest BCUT2D eigenvalue weighted by molar-refractivity contribution is -0.138. The van der Waals surface area contributed by atoms with Crippen LogP contribution in [0.2, 0.25) is 0 Å². The van der Waals surface area contributed by atoms with Crippen molar-refractivity contribution in [2.24, 2.45) is 0 Å². The number of hydrogen-bond donors (Lipinski definition) is 1. The Balaban J connectivity index is 2.17. The zero-order valence-electron chi connectivity index (χ0n) is 15.7. The number of halogens is 1. The molecule has 0 radical (unpaired) electrons. The Kier molecular flexibility index (Phi) is 6.97. The number of hydrogen-bond acceptors (Lipinski definition) is 4. The van der Waals surface area contributed by atoms with Crippen molar-refractivity contribution < 1.29 is 19.1 Å². The smallest absolute Gasteiger partial charge is 0.323 e. The zero-order valence-corrected chi connectivity index (χ0v) is 15.7. The molecule has 1 aliphatic rings. The summed E-state index contributed by atoms with van der Waals surface area (Å²) in [4.78, 5) is 29.3. The first kappa shape index (κ1) is 20.2. The van der Waals surface area contributed by atoms with Crippen molar-refractivity contribution >= 4 is 17.6 Å². The Morgan fingerprint density at radius 1 is 1.23 bits per heavy atom. The predicted octanol–water partition coefficient (Wildman–Crippen LogP) is 2.29. The molecule has 1 unspecified atom stereocenters. The van der Waals surface area contributed by atoms with Gasteiger partial charge in [0, 0.05) is 37.8 Å². The number of carbonyl (C=O) groups is 2. The predicted molar refractivity (Wildman–Crippen MR) is 99.2 cm³/mol. The molecule has 1 aliphatic heterocycles. The zero-order chi connectivity index (χ0) is 19.3. The molecule has 1 fully saturated rings. The van der Waals surface area contributed by atoms with Gasteiger partial charge in [-0.25, -0.2) is 4.39 Å². The van der Waals surface area contributed by atoms with Gasteiger partial charge in [0.15, 0.2) is 0 Å². The van der Waals surface area contributed by atoms with E-state index in [0.29, 0.717) is 12.1 Å². The average Bonchev–Trinajstić information content (AvgIpc) is 2.64. The van der Waals surface area contributed by atoms with Gasteiger partial charge in [0.2, 0.25) is 0 Å². The third kappa shape index (κ3) is 4.72. The van der Waals surface area contributed by atoms with Crippen molar-refractivity contribution in [2.45, 2.75) is 33.2 Å². The maximum atomic E-state index is 14.6. The van der Waals surface area contributed by atoms with E-state index in [-0.39, 0.29) is 11.6 Å². The van der Waals surface area contributed by atoms with E-state index in [1.807, 2.05) is 11.8 Å². The molecule has 1 aromatic rings. The molecule has 1 amide bonds. The van der Waals surface area contributed by atoms with Crippen LogP contribution in [0, 0.1) is 5.82 Å². The second-order valence-corrected chi connectivity index (χ2v) is 6.67. The fourth-order valence-electron chi connectivity index (χ4n) is 3.16. The lowest BCUT2D eigenvalue weighted by atomic mass is 10.1. The highest BCUT2D eigenvalue weighted by molar-refractivity contribution is 5.96. The largest absolute Gasteiger partial charge is 0.480 e. The second kappa shape index (κ2) is 8.98. The molecule has 0 aromatic heterocycles. The summed E-state index contributed by atoms with van der Waals surface area (Å²) in [5.41, 5.74) is 0.672. The lowest BCUT2D eigenvalue weighted by Crippen LogP contribution is -2.46. The molecule has 1 saturated heterocycles. The maximum absolute atomic E-state index is 14.6. The van der Waals surface area contributed by atoms with Gasteiger partial charge >= 0.3 is 5.97 Å². The summed E-state index contributed by atoms with van der Waals surface area (Å²) in [6.07, 6.45) is 0.626. The van der Waals surface area contributed by atoms with Crippen LogP contribution in [-0.4, -0.2) is 72.1 Å². The molecular weight excluding hydrogens is 337 g/mol. The number of piperazine rings is 1. The van der Waals surface area contributed by atoms with Crippen molar-refractivity contribution in [3.8, 4) is 0 Å². The first-order valence-electron chi connectivity index (χ1n) is 9.17. The highest BCUT2D eigenvalue weighted by atomic mass is 19.1. The number of nitrogens with zero attached hydrogens (tertiary/aromatic N) is 3. The van der Waals surface area contributed by atoms with Gasteiger partial charge in [-0.05, 0) is 38.1 Å². The van der Waals surface area contributed by atoms with E-state index in [1.54, 1.807) is 19.1 Å². The molecule has 1 N–H and O–H groups in total. The number of carboxylic acid groups (broad SMARTS) is 1. The number of carbonyl (C=O) groups excluding carboxylic acids is 1. The summed E-state index contributed by atoms with van der Waals surface area (Å²) in [5, 5.41) is 9.06. The fourth-order valence-corrected chi connectivity index (χ4v) is 3.16. The molecule has 1 heterocycles. The highest BCUT2D eigenvalue weighted by Gasteiger charge is 2.25. The van der Waals surface area contributed by atoms with Crippen molar-refractivity contribution in [1.82, 2.24) is 9.80 Å². The first-order chi connectivity index (χ1) is 12.4. The van der Waals surface area contributed by atoms with E-state index in [1.165, 1.54) is 11.0 Å². The highest BCUT2D eigenvalue weighted by Crippen LogP contribution is 2.23. The number of aliphatic carboxylic acids is 1.